The number of nitrogens with zero attached hydrogens (tertiary/aromatic N) is 3. The van der Waals surface area contributed by atoms with Gasteiger partial charge in [-0.15, -0.1) is 0 Å². The summed E-state index contributed by atoms with van der Waals surface area (Å²) in [5, 5.41) is 25.0. The topological polar surface area (TPSA) is 370 Å². The van der Waals surface area contributed by atoms with E-state index in [0.717, 1.165) is 20.9 Å². The molecule has 0 saturated carbocycles. The van der Waals surface area contributed by atoms with Crippen molar-refractivity contribution < 1.29 is 76.8 Å². The number of unbranched alkanes of at least 4 members (excludes halogenated alkanes) is 1. The molecule has 0 spiro atoms. The molecule has 10 amide bonds. The lowest BCUT2D eigenvalue weighted by Crippen LogP contribution is -2.60. The molecule has 10 N–H and O–H groups in total. The van der Waals surface area contributed by atoms with Crippen LogP contribution in [0.5, 0.6) is 5.75 Å². The third-order valence-electron chi connectivity index (χ3n) is 16.5. The second-order valence-corrected chi connectivity index (χ2v) is 24.5. The van der Waals surface area contributed by atoms with Crippen molar-refractivity contribution in [2.75, 3.05) is 64.3 Å². The van der Waals surface area contributed by atoms with Crippen LogP contribution in [0.15, 0.2) is 35.9 Å². The zero-order valence-electron chi connectivity index (χ0n) is 51.3. The number of methoxy groups -OCH3 is 1. The van der Waals surface area contributed by atoms with E-state index >= 15 is 0 Å². The van der Waals surface area contributed by atoms with Gasteiger partial charge in [0.25, 0.3) is 0 Å². The van der Waals surface area contributed by atoms with Crippen LogP contribution in [0.2, 0.25) is 5.02 Å². The highest BCUT2D eigenvalue weighted by atomic mass is 35.5. The van der Waals surface area contributed by atoms with Gasteiger partial charge in [-0.25, -0.2) is 9.59 Å². The van der Waals surface area contributed by atoms with E-state index < -0.39 is 144 Å². The number of esters is 1. The predicted molar refractivity (Wildman–Crippen MR) is 322 cm³/mol. The van der Waals surface area contributed by atoms with Crippen LogP contribution in [0.4, 0.5) is 10.5 Å². The Hall–Kier alpha value is -6.81. The number of benzene rings is 1. The molecule has 26 nitrogen and oxygen atoms in total. The average Bonchev–Trinajstić information content (AvgIpc) is 1.62. The number of fused-ring (bicyclic) bond motifs is 5. The second-order valence-electron chi connectivity index (χ2n) is 23.2. The number of anilines is 1. The summed E-state index contributed by atoms with van der Waals surface area (Å²) in [5.74, 6) is -8.80. The van der Waals surface area contributed by atoms with Crippen LogP contribution in [-0.4, -0.2) is 187 Å². The van der Waals surface area contributed by atoms with Crippen LogP contribution in [0.1, 0.15) is 111 Å². The van der Waals surface area contributed by atoms with E-state index in [1.807, 2.05) is 13.0 Å². The van der Waals surface area contributed by atoms with Crippen LogP contribution in [0.25, 0.3) is 0 Å². The minimum Gasteiger partial charge on any atom is -0.495 e. The standard InChI is InChI=1S/C59H87ClN10O16S/c1-32-14-13-15-34(3)59(82)31-43(84-57(81)67-59)35(4)51-58(6,86-51)44(30-48(74)69(8)41-26-37(24-32)27-42(83-9)50(41)60)85-56(80)36(5)68(7)47(73)28-38(18-23-87-10)52(76)66-40(29-45(62)71)54(78)65-39(16-11-12-19-61)53(77)64-21-20-63-46(72)17-22-70-49(75)25-33(2)55(70)79/h13-15,26-27,33-36,38-40,43-44,51,82H,11-12,16-25,28-31,61H2,1-10H3,(H2,62,71)(H,63,72)(H,64,77)(H,65,78)(H,66,76)(H,67,81)/b15-13+,32-14+/t33?,34?,35?,36-,38?,39?,40-,43?,44?,51?,58?,59?/m0/s1. The van der Waals surface area contributed by atoms with Crippen molar-refractivity contribution in [3.05, 3.63) is 46.5 Å². The maximum absolute atomic E-state index is 14.5. The molecule has 1 aromatic carbocycles. The van der Waals surface area contributed by atoms with E-state index in [-0.39, 0.29) is 75.1 Å². The molecule has 5 rings (SSSR count). The largest absolute Gasteiger partial charge is 0.495 e. The molecule has 482 valence electrons. The number of rotatable bonds is 26. The molecule has 3 fully saturated rings. The molecule has 4 bridgehead atoms. The third-order valence-corrected chi connectivity index (χ3v) is 17.5. The van der Waals surface area contributed by atoms with Crippen LogP contribution in [0, 0.1) is 23.7 Å². The van der Waals surface area contributed by atoms with E-state index in [1.54, 1.807) is 58.2 Å². The number of primary amides is 1. The average molecular weight is 1260 g/mol. The molecular formula is C59H87ClN10O16S. The number of carbonyl (C=O) groups is 11. The Labute approximate surface area is 517 Å². The van der Waals surface area contributed by atoms with Gasteiger partial charge in [0.2, 0.25) is 53.2 Å². The second kappa shape index (κ2) is 31.9. The van der Waals surface area contributed by atoms with E-state index in [1.165, 1.54) is 44.8 Å². The number of aliphatic hydroxyl groups is 1. The minimum absolute atomic E-state index is 0.0304. The lowest BCUT2D eigenvalue weighted by Gasteiger charge is -2.41. The highest BCUT2D eigenvalue weighted by Crippen LogP contribution is 2.49. The molecule has 3 saturated heterocycles. The number of imide groups is 1. The predicted octanol–water partition coefficient (Wildman–Crippen LogP) is 1.89. The lowest BCUT2D eigenvalue weighted by atomic mass is 9.82. The van der Waals surface area contributed by atoms with Gasteiger partial charge in [-0.1, -0.05) is 56.2 Å². The summed E-state index contributed by atoms with van der Waals surface area (Å²) in [6.45, 7) is 10.2. The van der Waals surface area contributed by atoms with Crippen LogP contribution < -0.4 is 47.7 Å². The van der Waals surface area contributed by atoms with Gasteiger partial charge >= 0.3 is 12.1 Å². The number of allylic oxidation sites excluding steroid dienone is 3. The molecule has 28 heteroatoms. The Bertz CT molecular complexity index is 2810. The molecule has 0 radical (unpaired) electrons. The quantitative estimate of drug-likeness (QED) is 0.0284. The molecule has 0 aliphatic carbocycles. The third kappa shape index (κ3) is 19.1. The molecule has 4 aliphatic heterocycles. The number of halogens is 1. The number of nitrogens with one attached hydrogen (secondary N) is 5. The van der Waals surface area contributed by atoms with Crippen molar-refractivity contribution in [2.24, 2.45) is 35.1 Å². The maximum Gasteiger partial charge on any atom is 0.409 e. The van der Waals surface area contributed by atoms with Crippen molar-refractivity contribution in [3.8, 4) is 5.75 Å². The van der Waals surface area contributed by atoms with Crippen molar-refractivity contribution >= 4 is 94.3 Å². The number of hydrogen-bond donors (Lipinski definition) is 8. The van der Waals surface area contributed by atoms with E-state index in [2.05, 4.69) is 26.6 Å². The first-order valence-corrected chi connectivity index (χ1v) is 31.0. The SMILES string of the molecule is COc1cc2cc(c1Cl)N(C)C(=O)CC(OC(=O)[C@H](C)N(C)C(=O)CC(CCSC)C(=O)N[C@@H](CC(N)=O)C(=O)NC(CCCCN)C(=O)NCCNC(=O)CCN1C(=O)CC(C)C1=O)C1(C)OC1C(C)C1CC(O)(NC(=O)O1)C(C)/C=C/C=C(\C)C2. The zero-order chi connectivity index (χ0) is 64.7. The molecule has 87 heavy (non-hydrogen) atoms. The van der Waals surface area contributed by atoms with Crippen molar-refractivity contribution in [3.63, 3.8) is 0 Å². The summed E-state index contributed by atoms with van der Waals surface area (Å²) in [5.41, 5.74) is 10.1. The Morgan fingerprint density at radius 3 is 2.30 bits per heavy atom. The highest BCUT2D eigenvalue weighted by Gasteiger charge is 2.64. The van der Waals surface area contributed by atoms with Gasteiger partial charge in [-0.3, -0.25) is 53.4 Å². The van der Waals surface area contributed by atoms with Gasteiger partial charge < -0.3 is 66.6 Å². The van der Waals surface area contributed by atoms with Crippen LogP contribution in [0.3, 0.4) is 0 Å². The van der Waals surface area contributed by atoms with E-state index in [4.69, 9.17) is 42.0 Å². The number of likely N-dealkylation sites (N-methyl/N-ethyl adjacent to an activating group) is 1. The Balaban J connectivity index is 1.30. The first-order chi connectivity index (χ1) is 41.0. The number of hydrogen-bond acceptors (Lipinski definition) is 18. The monoisotopic (exact) mass is 1260 g/mol. The first kappa shape index (κ1) is 70.9. The Morgan fingerprint density at radius 2 is 1.66 bits per heavy atom. The summed E-state index contributed by atoms with van der Waals surface area (Å²) in [7, 11) is 4.30. The van der Waals surface area contributed by atoms with E-state index in [9.17, 15) is 57.8 Å². The molecule has 1 aromatic rings. The van der Waals surface area contributed by atoms with Gasteiger partial charge in [-0.2, -0.15) is 11.8 Å². The number of likely N-dealkylation sites (tertiary alicyclic amines) is 1. The lowest BCUT2D eigenvalue weighted by molar-refractivity contribution is -0.162. The van der Waals surface area contributed by atoms with Crippen molar-refractivity contribution in [1.82, 2.24) is 36.4 Å². The Kier molecular flexibility index (Phi) is 26.0. The summed E-state index contributed by atoms with van der Waals surface area (Å²) >= 11 is 8.22. The summed E-state index contributed by atoms with van der Waals surface area (Å²) in [6.07, 6.45) is 3.11. The highest BCUT2D eigenvalue weighted by molar-refractivity contribution is 7.98. The molecular weight excluding hydrogens is 1170 g/mol. The van der Waals surface area contributed by atoms with Gasteiger partial charge in [0.15, 0.2) is 0 Å². The number of carbonyl (C=O) groups excluding carboxylic acids is 11. The zero-order valence-corrected chi connectivity index (χ0v) is 52.9. The fourth-order valence-corrected chi connectivity index (χ4v) is 11.5. The van der Waals surface area contributed by atoms with Crippen molar-refractivity contribution in [2.45, 2.75) is 160 Å². The van der Waals surface area contributed by atoms with Gasteiger partial charge in [0.05, 0.1) is 31.7 Å². The fourth-order valence-electron chi connectivity index (χ4n) is 10.7. The number of alkyl carbamates (subject to hydrolysis) is 1. The smallest absolute Gasteiger partial charge is 0.409 e. The maximum atomic E-state index is 14.5. The summed E-state index contributed by atoms with van der Waals surface area (Å²) < 4.78 is 23.9. The van der Waals surface area contributed by atoms with Gasteiger partial charge in [0, 0.05) is 83.1 Å². The normalized spacial score (nSPS) is 26.2. The molecule has 12 atom stereocenters. The number of ether oxygens (including phenoxy) is 4. The molecule has 4 aliphatic rings. The number of thioether (sulfide) groups is 1. The van der Waals surface area contributed by atoms with Gasteiger partial charge in [-0.05, 0) is 89.1 Å². The number of epoxide rings is 1. The Morgan fingerprint density at radius 1 is 0.966 bits per heavy atom. The summed E-state index contributed by atoms with van der Waals surface area (Å²) in [4.78, 5) is 151. The number of amides is 10. The van der Waals surface area contributed by atoms with E-state index in [0.29, 0.717) is 36.5 Å². The van der Waals surface area contributed by atoms with Crippen LogP contribution >= 0.6 is 23.4 Å². The summed E-state index contributed by atoms with van der Waals surface area (Å²) in [6, 6.07) is -0.620. The molecule has 4 heterocycles. The van der Waals surface area contributed by atoms with Gasteiger partial charge in [0.1, 0.15) is 52.4 Å². The minimum atomic E-state index is -1.73. The number of nitrogens with two attached hydrogens (primary N) is 2. The first-order valence-electron chi connectivity index (χ1n) is 29.3. The van der Waals surface area contributed by atoms with Crippen molar-refractivity contribution in [1.29, 1.82) is 0 Å². The molecule has 0 aromatic heterocycles. The fraction of sp³-hybridized carbons (Fsp3) is 0.644. The molecule has 10 unspecified atom stereocenters. The van der Waals surface area contributed by atoms with Crippen LogP contribution in [-0.2, 0) is 68.6 Å².